The van der Waals surface area contributed by atoms with E-state index in [1.54, 1.807) is 0 Å². The molecule has 18 heavy (non-hydrogen) atoms. The van der Waals surface area contributed by atoms with Gasteiger partial charge in [0.2, 0.25) is 0 Å². The third-order valence-corrected chi connectivity index (χ3v) is 4.62. The van der Waals surface area contributed by atoms with E-state index in [9.17, 15) is 0 Å². The Morgan fingerprint density at radius 2 is 1.89 bits per heavy atom. The molecule has 0 aromatic heterocycles. The number of rotatable bonds is 4. The van der Waals surface area contributed by atoms with Crippen molar-refractivity contribution in [2.24, 2.45) is 11.8 Å². The van der Waals surface area contributed by atoms with Crippen molar-refractivity contribution in [3.63, 3.8) is 0 Å². The summed E-state index contributed by atoms with van der Waals surface area (Å²) in [5.41, 5.74) is 1.24. The van der Waals surface area contributed by atoms with Crippen molar-refractivity contribution in [1.82, 2.24) is 5.32 Å². The van der Waals surface area contributed by atoms with Gasteiger partial charge < -0.3 is 5.32 Å². The maximum atomic E-state index is 6.27. The molecule has 1 saturated carbocycles. The van der Waals surface area contributed by atoms with Gasteiger partial charge >= 0.3 is 0 Å². The van der Waals surface area contributed by atoms with Crippen molar-refractivity contribution in [1.29, 1.82) is 0 Å². The molecule has 0 saturated heterocycles. The van der Waals surface area contributed by atoms with Crippen molar-refractivity contribution in [2.45, 2.75) is 32.1 Å². The van der Waals surface area contributed by atoms with Crippen molar-refractivity contribution >= 4 is 23.2 Å². The van der Waals surface area contributed by atoms with Gasteiger partial charge in [-0.25, -0.2) is 0 Å². The third kappa shape index (κ3) is 3.63. The van der Waals surface area contributed by atoms with Crippen LogP contribution in [0, 0.1) is 11.8 Å². The molecule has 1 aromatic rings. The molecular formula is C15H21Cl2N. The molecule has 2 atom stereocenters. The van der Waals surface area contributed by atoms with Gasteiger partial charge in [0.05, 0.1) is 0 Å². The first-order valence-electron chi connectivity index (χ1n) is 6.79. The molecule has 1 nitrogen and oxygen atoms in total. The first kappa shape index (κ1) is 14.2. The zero-order valence-electron chi connectivity index (χ0n) is 10.9. The van der Waals surface area contributed by atoms with Crippen LogP contribution in [0.1, 0.15) is 31.2 Å². The predicted octanol–water partition coefficient (Wildman–Crippen LogP) is 4.56. The Labute approximate surface area is 120 Å². The smallest absolute Gasteiger partial charge is 0.0452 e. The van der Waals surface area contributed by atoms with Crippen molar-refractivity contribution in [2.75, 3.05) is 13.6 Å². The Hall–Kier alpha value is -0.240. The van der Waals surface area contributed by atoms with Gasteiger partial charge in [-0.3, -0.25) is 0 Å². The number of benzene rings is 1. The van der Waals surface area contributed by atoms with Crippen LogP contribution in [0.25, 0.3) is 0 Å². The standard InChI is InChI=1S/C15H21Cl2N/c1-18-10-13-5-3-2-4-11(13)8-12-6-7-14(16)9-15(12)17/h6-7,9,11,13,18H,2-5,8,10H2,1H3. The summed E-state index contributed by atoms with van der Waals surface area (Å²) in [6.45, 7) is 1.12. The fourth-order valence-corrected chi connectivity index (χ4v) is 3.54. The second-order valence-electron chi connectivity index (χ2n) is 5.30. The Morgan fingerprint density at radius 3 is 2.56 bits per heavy atom. The highest BCUT2D eigenvalue weighted by atomic mass is 35.5. The van der Waals surface area contributed by atoms with Gasteiger partial charge in [0.15, 0.2) is 0 Å². The molecule has 1 aliphatic carbocycles. The van der Waals surface area contributed by atoms with Crippen LogP contribution in [0.3, 0.4) is 0 Å². The number of hydrogen-bond acceptors (Lipinski definition) is 1. The van der Waals surface area contributed by atoms with Gasteiger partial charge in [0, 0.05) is 10.0 Å². The average Bonchev–Trinajstić information content (AvgIpc) is 2.35. The van der Waals surface area contributed by atoms with E-state index in [4.69, 9.17) is 23.2 Å². The van der Waals surface area contributed by atoms with Gasteiger partial charge in [0.1, 0.15) is 0 Å². The fraction of sp³-hybridized carbons (Fsp3) is 0.600. The Kier molecular flexibility index (Phi) is 5.35. The highest BCUT2D eigenvalue weighted by Crippen LogP contribution is 2.34. The molecule has 2 unspecified atom stereocenters. The normalized spacial score (nSPS) is 24.2. The summed E-state index contributed by atoms with van der Waals surface area (Å²) in [4.78, 5) is 0. The van der Waals surface area contributed by atoms with Gasteiger partial charge in [-0.1, -0.05) is 42.1 Å². The number of halogens is 2. The highest BCUT2D eigenvalue weighted by molar-refractivity contribution is 6.35. The van der Waals surface area contributed by atoms with Crippen LogP contribution in [0.2, 0.25) is 10.0 Å². The Morgan fingerprint density at radius 1 is 1.17 bits per heavy atom. The summed E-state index contributed by atoms with van der Waals surface area (Å²) in [7, 11) is 2.04. The lowest BCUT2D eigenvalue weighted by molar-refractivity contribution is 0.232. The van der Waals surface area contributed by atoms with Gasteiger partial charge in [-0.15, -0.1) is 0 Å². The lowest BCUT2D eigenvalue weighted by Gasteiger charge is -2.31. The molecule has 0 aliphatic heterocycles. The second-order valence-corrected chi connectivity index (χ2v) is 6.15. The molecular weight excluding hydrogens is 265 g/mol. The highest BCUT2D eigenvalue weighted by Gasteiger charge is 2.25. The molecule has 1 aromatic carbocycles. The summed E-state index contributed by atoms with van der Waals surface area (Å²) in [5.74, 6) is 1.54. The summed E-state index contributed by atoms with van der Waals surface area (Å²) in [6.07, 6.45) is 6.48. The molecule has 1 fully saturated rings. The topological polar surface area (TPSA) is 12.0 Å². The number of nitrogens with one attached hydrogen (secondary N) is 1. The lowest BCUT2D eigenvalue weighted by atomic mass is 9.76. The molecule has 0 heterocycles. The number of hydrogen-bond donors (Lipinski definition) is 1. The summed E-state index contributed by atoms with van der Waals surface area (Å²) < 4.78 is 0. The van der Waals surface area contributed by atoms with Crippen LogP contribution in [0.15, 0.2) is 18.2 Å². The van der Waals surface area contributed by atoms with Crippen molar-refractivity contribution in [3.8, 4) is 0 Å². The minimum Gasteiger partial charge on any atom is -0.319 e. The first-order chi connectivity index (χ1) is 8.70. The predicted molar refractivity (Wildman–Crippen MR) is 79.5 cm³/mol. The molecule has 3 heteroatoms. The fourth-order valence-electron chi connectivity index (χ4n) is 3.05. The Bertz CT molecular complexity index is 390. The maximum Gasteiger partial charge on any atom is 0.0452 e. The summed E-state index contributed by atoms with van der Waals surface area (Å²) >= 11 is 12.2. The molecule has 1 N–H and O–H groups in total. The van der Waals surface area contributed by atoms with Crippen LogP contribution >= 0.6 is 23.2 Å². The Balaban J connectivity index is 2.06. The van der Waals surface area contributed by atoms with E-state index in [2.05, 4.69) is 11.4 Å². The van der Waals surface area contributed by atoms with E-state index in [-0.39, 0.29) is 0 Å². The zero-order chi connectivity index (χ0) is 13.0. The van der Waals surface area contributed by atoms with Crippen LogP contribution in [-0.2, 0) is 6.42 Å². The van der Waals surface area contributed by atoms with Crippen molar-refractivity contribution in [3.05, 3.63) is 33.8 Å². The molecule has 0 radical (unpaired) electrons. The minimum atomic E-state index is 0.721. The molecule has 2 rings (SSSR count). The zero-order valence-corrected chi connectivity index (χ0v) is 12.4. The van der Waals surface area contributed by atoms with Crippen LogP contribution < -0.4 is 5.32 Å². The van der Waals surface area contributed by atoms with E-state index < -0.39 is 0 Å². The van der Waals surface area contributed by atoms with Gasteiger partial charge in [-0.2, -0.15) is 0 Å². The van der Waals surface area contributed by atoms with Gasteiger partial charge in [0.25, 0.3) is 0 Å². The lowest BCUT2D eigenvalue weighted by Crippen LogP contribution is -2.30. The first-order valence-corrected chi connectivity index (χ1v) is 7.55. The molecule has 0 spiro atoms. The average molecular weight is 286 g/mol. The van der Waals surface area contributed by atoms with Crippen LogP contribution in [0.5, 0.6) is 0 Å². The molecule has 0 bridgehead atoms. The second kappa shape index (κ2) is 6.79. The van der Waals surface area contributed by atoms with Gasteiger partial charge in [-0.05, 0) is 62.4 Å². The van der Waals surface area contributed by atoms with Crippen LogP contribution in [0.4, 0.5) is 0 Å². The monoisotopic (exact) mass is 285 g/mol. The van der Waals surface area contributed by atoms with E-state index in [1.807, 2.05) is 19.2 Å². The molecule has 1 aliphatic rings. The minimum absolute atomic E-state index is 0.721. The largest absolute Gasteiger partial charge is 0.319 e. The molecule has 0 amide bonds. The van der Waals surface area contributed by atoms with E-state index in [0.29, 0.717) is 0 Å². The quantitative estimate of drug-likeness (QED) is 0.855. The summed E-state index contributed by atoms with van der Waals surface area (Å²) in [5, 5.41) is 4.86. The van der Waals surface area contributed by atoms with Crippen LogP contribution in [-0.4, -0.2) is 13.6 Å². The maximum absolute atomic E-state index is 6.27. The third-order valence-electron chi connectivity index (χ3n) is 4.03. The SMILES string of the molecule is CNCC1CCCCC1Cc1ccc(Cl)cc1Cl. The summed E-state index contributed by atoms with van der Waals surface area (Å²) in [6, 6.07) is 5.88. The molecule has 100 valence electrons. The van der Waals surface area contributed by atoms with Crippen molar-refractivity contribution < 1.29 is 0 Å². The van der Waals surface area contributed by atoms with E-state index in [0.717, 1.165) is 34.8 Å². The van der Waals surface area contributed by atoms with E-state index in [1.165, 1.54) is 31.2 Å². The van der Waals surface area contributed by atoms with E-state index >= 15 is 0 Å².